The minimum absolute atomic E-state index is 0.0962. The van der Waals surface area contributed by atoms with Crippen molar-refractivity contribution in [3.05, 3.63) is 63.2 Å². The van der Waals surface area contributed by atoms with Crippen LogP contribution in [0.5, 0.6) is 0 Å². The van der Waals surface area contributed by atoms with Crippen molar-refractivity contribution in [3.8, 4) is 0 Å². The first-order chi connectivity index (χ1) is 11.4. The summed E-state index contributed by atoms with van der Waals surface area (Å²) in [6.07, 6.45) is 1.42. The Morgan fingerprint density at radius 3 is 2.88 bits per heavy atom. The smallest absolute Gasteiger partial charge is 0.267 e. The van der Waals surface area contributed by atoms with Crippen molar-refractivity contribution < 1.29 is 4.79 Å². The molecule has 0 fully saturated rings. The third kappa shape index (κ3) is 3.21. The number of anilines is 1. The monoisotopic (exact) mass is 343 g/mol. The van der Waals surface area contributed by atoms with Crippen molar-refractivity contribution in [1.82, 2.24) is 15.0 Å². The second kappa shape index (κ2) is 6.29. The number of benzene rings is 1. The highest BCUT2D eigenvalue weighted by atomic mass is 35.5. The first-order valence-corrected chi connectivity index (χ1v) is 7.53. The molecule has 7 nitrogen and oxygen atoms in total. The van der Waals surface area contributed by atoms with Gasteiger partial charge in [-0.2, -0.15) is 0 Å². The van der Waals surface area contributed by atoms with Crippen LogP contribution in [0, 0.1) is 0 Å². The van der Waals surface area contributed by atoms with Crippen molar-refractivity contribution in [2.24, 2.45) is 5.73 Å². The molecule has 0 aliphatic heterocycles. The number of nitrogens with two attached hydrogens (primary N) is 1. The van der Waals surface area contributed by atoms with Crippen LogP contribution in [0.3, 0.4) is 0 Å². The fraction of sp³-hybridized carbons (Fsp3) is 0.125. The van der Waals surface area contributed by atoms with E-state index in [0.29, 0.717) is 16.1 Å². The van der Waals surface area contributed by atoms with Gasteiger partial charge in [0.15, 0.2) is 0 Å². The highest BCUT2D eigenvalue weighted by Crippen LogP contribution is 2.20. The maximum absolute atomic E-state index is 12.3. The number of halogens is 1. The van der Waals surface area contributed by atoms with Gasteiger partial charge >= 0.3 is 0 Å². The molecule has 0 saturated carbocycles. The van der Waals surface area contributed by atoms with Gasteiger partial charge in [-0.15, -0.1) is 0 Å². The number of hydrogen-bond acceptors (Lipinski definition) is 5. The lowest BCUT2D eigenvalue weighted by atomic mass is 10.1. The van der Waals surface area contributed by atoms with Gasteiger partial charge in [-0.1, -0.05) is 11.6 Å². The molecule has 1 aromatic carbocycles. The quantitative estimate of drug-likeness (QED) is 0.672. The molecule has 0 aliphatic rings. The predicted octanol–water partition coefficient (Wildman–Crippen LogP) is 2.24. The van der Waals surface area contributed by atoms with Crippen LogP contribution in [0.4, 0.5) is 5.95 Å². The Labute approximate surface area is 141 Å². The zero-order valence-electron chi connectivity index (χ0n) is 12.7. The Kier molecular flexibility index (Phi) is 4.18. The molecule has 3 aromatic rings. The maximum atomic E-state index is 12.3. The Hall–Kier alpha value is -2.93. The van der Waals surface area contributed by atoms with E-state index < -0.39 is 5.91 Å². The molecule has 1 amide bonds. The Morgan fingerprint density at radius 1 is 1.33 bits per heavy atom. The zero-order chi connectivity index (χ0) is 17.3. The van der Waals surface area contributed by atoms with Crippen molar-refractivity contribution in [3.63, 3.8) is 0 Å². The molecule has 8 heteroatoms. The second-order valence-electron chi connectivity index (χ2n) is 5.28. The average molecular weight is 344 g/mol. The van der Waals surface area contributed by atoms with Crippen LogP contribution < -0.4 is 16.6 Å². The molecule has 0 aliphatic carbocycles. The largest absolute Gasteiger partial charge is 0.364 e. The van der Waals surface area contributed by atoms with Gasteiger partial charge in [-0.3, -0.25) is 9.59 Å². The van der Waals surface area contributed by atoms with Crippen molar-refractivity contribution >= 4 is 34.4 Å². The lowest BCUT2D eigenvalue weighted by Crippen LogP contribution is -2.21. The fourth-order valence-corrected chi connectivity index (χ4v) is 2.53. The molecule has 2 aromatic heterocycles. The molecule has 24 heavy (non-hydrogen) atoms. The molecule has 0 bridgehead atoms. The number of nitrogens with one attached hydrogen (secondary N) is 2. The number of fused-ring (bicyclic) bond motifs is 1. The summed E-state index contributed by atoms with van der Waals surface area (Å²) in [7, 11) is 0. The number of amides is 1. The van der Waals surface area contributed by atoms with Gasteiger partial charge in [-0.05, 0) is 37.3 Å². The van der Waals surface area contributed by atoms with E-state index in [-0.39, 0.29) is 23.2 Å². The van der Waals surface area contributed by atoms with Gasteiger partial charge in [-0.25, -0.2) is 9.97 Å². The van der Waals surface area contributed by atoms with Gasteiger partial charge in [0.2, 0.25) is 5.95 Å². The molecule has 0 unspecified atom stereocenters. The van der Waals surface area contributed by atoms with Crippen molar-refractivity contribution in [1.29, 1.82) is 0 Å². The van der Waals surface area contributed by atoms with Crippen LogP contribution >= 0.6 is 11.6 Å². The predicted molar refractivity (Wildman–Crippen MR) is 92.2 cm³/mol. The van der Waals surface area contributed by atoms with Gasteiger partial charge in [0, 0.05) is 27.7 Å². The Balaban J connectivity index is 1.95. The summed E-state index contributed by atoms with van der Waals surface area (Å²) in [5.74, 6) is -0.435. The standard InChI is InChI=1S/C16H14ClN5O2/c1-8(20-16-19-5-4-13(22-16)14(18)23)11-7-9-6-10(17)2-3-12(9)21-15(11)24/h2-8H,1H3,(H2,18,23)(H,21,24)(H,19,20,22)/t8-/m0/s1. The Morgan fingerprint density at radius 2 is 2.12 bits per heavy atom. The lowest BCUT2D eigenvalue weighted by molar-refractivity contribution is 0.0995. The number of nitrogens with zero attached hydrogens (tertiary/aromatic N) is 2. The average Bonchev–Trinajstić information content (AvgIpc) is 2.54. The van der Waals surface area contributed by atoms with Crippen LogP contribution in [0.15, 0.2) is 41.3 Å². The summed E-state index contributed by atoms with van der Waals surface area (Å²) >= 11 is 6.00. The first-order valence-electron chi connectivity index (χ1n) is 7.16. The van der Waals surface area contributed by atoms with Gasteiger partial charge < -0.3 is 16.0 Å². The molecule has 1 atom stereocenters. The van der Waals surface area contributed by atoms with Crippen molar-refractivity contribution in [2.75, 3.05) is 5.32 Å². The topological polar surface area (TPSA) is 114 Å². The van der Waals surface area contributed by atoms with Gasteiger partial charge in [0.05, 0.1) is 6.04 Å². The molecule has 0 radical (unpaired) electrons. The summed E-state index contributed by atoms with van der Waals surface area (Å²) in [6.45, 7) is 1.79. The molecule has 4 N–H and O–H groups in total. The number of hydrogen-bond donors (Lipinski definition) is 3. The van der Waals surface area contributed by atoms with Crippen LogP contribution in [0.25, 0.3) is 10.9 Å². The number of aromatic nitrogens is 3. The third-order valence-electron chi connectivity index (χ3n) is 3.56. The lowest BCUT2D eigenvalue weighted by Gasteiger charge is -2.14. The number of carbonyl (C=O) groups excluding carboxylic acids is 1. The minimum atomic E-state index is -0.647. The molecule has 0 spiro atoms. The normalized spacial score (nSPS) is 12.1. The van der Waals surface area contributed by atoms with Crippen LogP contribution in [0.1, 0.15) is 29.0 Å². The van der Waals surface area contributed by atoms with E-state index in [2.05, 4.69) is 20.3 Å². The fourth-order valence-electron chi connectivity index (χ4n) is 2.35. The summed E-state index contributed by atoms with van der Waals surface area (Å²) < 4.78 is 0. The number of rotatable bonds is 4. The highest BCUT2D eigenvalue weighted by Gasteiger charge is 2.13. The van der Waals surface area contributed by atoms with Crippen LogP contribution in [-0.4, -0.2) is 20.9 Å². The van der Waals surface area contributed by atoms with E-state index >= 15 is 0 Å². The van der Waals surface area contributed by atoms with Gasteiger partial charge in [0.25, 0.3) is 11.5 Å². The summed E-state index contributed by atoms with van der Waals surface area (Å²) in [4.78, 5) is 34.3. The van der Waals surface area contributed by atoms with E-state index in [1.807, 2.05) is 0 Å². The number of H-pyrrole nitrogens is 1. The first kappa shape index (κ1) is 15.9. The van der Waals surface area contributed by atoms with E-state index in [9.17, 15) is 9.59 Å². The number of carbonyl (C=O) groups is 1. The third-order valence-corrected chi connectivity index (χ3v) is 3.79. The highest BCUT2D eigenvalue weighted by molar-refractivity contribution is 6.31. The number of primary amides is 1. The van der Waals surface area contributed by atoms with E-state index in [0.717, 1.165) is 5.39 Å². The zero-order valence-corrected chi connectivity index (χ0v) is 13.5. The summed E-state index contributed by atoms with van der Waals surface area (Å²) in [6, 6.07) is 8.02. The minimum Gasteiger partial charge on any atom is -0.364 e. The molecule has 2 heterocycles. The summed E-state index contributed by atoms with van der Waals surface area (Å²) in [5, 5.41) is 4.39. The Bertz CT molecular complexity index is 986. The number of pyridine rings is 1. The molecular weight excluding hydrogens is 330 g/mol. The van der Waals surface area contributed by atoms with Crippen molar-refractivity contribution in [2.45, 2.75) is 13.0 Å². The number of aromatic amines is 1. The molecular formula is C16H14ClN5O2. The molecule has 0 saturated heterocycles. The second-order valence-corrected chi connectivity index (χ2v) is 5.72. The van der Waals surface area contributed by atoms with Gasteiger partial charge in [0.1, 0.15) is 5.69 Å². The van der Waals surface area contributed by atoms with E-state index in [1.54, 1.807) is 31.2 Å². The van der Waals surface area contributed by atoms with E-state index in [1.165, 1.54) is 12.3 Å². The van der Waals surface area contributed by atoms with E-state index in [4.69, 9.17) is 17.3 Å². The van der Waals surface area contributed by atoms with Crippen LogP contribution in [-0.2, 0) is 0 Å². The maximum Gasteiger partial charge on any atom is 0.267 e. The SMILES string of the molecule is C[C@H](Nc1nccc(C(N)=O)n1)c1cc2cc(Cl)ccc2[nH]c1=O. The van der Waals surface area contributed by atoms with Crippen LogP contribution in [0.2, 0.25) is 5.02 Å². The molecule has 122 valence electrons. The molecule has 3 rings (SSSR count). The summed E-state index contributed by atoms with van der Waals surface area (Å²) in [5.41, 5.74) is 6.27.